The highest BCUT2D eigenvalue weighted by Gasteiger charge is 2.13. The summed E-state index contributed by atoms with van der Waals surface area (Å²) in [5.74, 6) is -1.03. The number of carboxylic acid groups (broad SMARTS) is 1. The Morgan fingerprint density at radius 2 is 2.15 bits per heavy atom. The second-order valence-electron chi connectivity index (χ2n) is 5.24. The number of carboxylic acids is 1. The first-order valence-electron chi connectivity index (χ1n) is 7.23. The summed E-state index contributed by atoms with van der Waals surface area (Å²) in [6.45, 7) is 4.68. The van der Waals surface area contributed by atoms with E-state index in [0.29, 0.717) is 12.0 Å². The number of halogens is 1. The molecule has 0 aliphatic carbocycles. The fraction of sp³-hybridized carbons (Fsp3) is 0.562. The first-order valence-corrected chi connectivity index (χ1v) is 7.23. The van der Waals surface area contributed by atoms with Crippen molar-refractivity contribution < 1.29 is 14.3 Å². The van der Waals surface area contributed by atoms with Crippen molar-refractivity contribution in [3.63, 3.8) is 0 Å². The van der Waals surface area contributed by atoms with Crippen molar-refractivity contribution >= 4 is 5.97 Å². The topological polar surface area (TPSA) is 49.3 Å². The average Bonchev–Trinajstić information content (AvgIpc) is 2.38. The van der Waals surface area contributed by atoms with Crippen LogP contribution in [0.3, 0.4) is 0 Å². The first kappa shape index (κ1) is 16.6. The lowest BCUT2D eigenvalue weighted by Crippen LogP contribution is -2.34. The molecule has 0 bridgehead atoms. The monoisotopic (exact) mass is 281 g/mol. The predicted octanol–water partition coefficient (Wildman–Crippen LogP) is 3.30. The van der Waals surface area contributed by atoms with Crippen molar-refractivity contribution in [2.45, 2.75) is 52.0 Å². The number of nitrogens with one attached hydrogen (secondary N) is 1. The van der Waals surface area contributed by atoms with E-state index in [1.807, 2.05) is 0 Å². The van der Waals surface area contributed by atoms with E-state index in [-0.39, 0.29) is 18.3 Å². The molecule has 0 fully saturated rings. The Labute approximate surface area is 120 Å². The Morgan fingerprint density at radius 3 is 2.75 bits per heavy atom. The molecule has 0 aliphatic rings. The highest BCUT2D eigenvalue weighted by molar-refractivity contribution is 5.67. The predicted molar refractivity (Wildman–Crippen MR) is 78.4 cm³/mol. The van der Waals surface area contributed by atoms with Gasteiger partial charge in [-0.3, -0.25) is 4.79 Å². The number of hydrogen-bond acceptors (Lipinski definition) is 2. The van der Waals surface area contributed by atoms with Gasteiger partial charge < -0.3 is 10.4 Å². The molecule has 4 heteroatoms. The van der Waals surface area contributed by atoms with E-state index in [1.54, 1.807) is 19.1 Å². The van der Waals surface area contributed by atoms with Gasteiger partial charge in [-0.05, 0) is 43.5 Å². The van der Waals surface area contributed by atoms with Gasteiger partial charge in [-0.1, -0.05) is 31.9 Å². The minimum atomic E-state index is -0.808. The molecule has 0 saturated carbocycles. The van der Waals surface area contributed by atoms with Gasteiger partial charge in [-0.25, -0.2) is 4.39 Å². The molecule has 2 N–H and O–H groups in total. The van der Waals surface area contributed by atoms with E-state index in [4.69, 9.17) is 5.11 Å². The standard InChI is InChI=1S/C16H24FNO2/c1-3-4-5-8-18-14(11-16(19)20)10-13-6-7-15(17)12(2)9-13/h6-7,9,14,18H,3-5,8,10-11H2,1-2H3,(H,19,20). The number of aliphatic carboxylic acids is 1. The summed E-state index contributed by atoms with van der Waals surface area (Å²) in [5.41, 5.74) is 1.57. The van der Waals surface area contributed by atoms with Gasteiger partial charge in [-0.15, -0.1) is 0 Å². The Bertz CT molecular complexity index is 434. The molecule has 3 nitrogen and oxygen atoms in total. The van der Waals surface area contributed by atoms with Crippen LogP contribution in [0.15, 0.2) is 18.2 Å². The van der Waals surface area contributed by atoms with Gasteiger partial charge in [0.15, 0.2) is 0 Å². The number of rotatable bonds is 9. The summed E-state index contributed by atoms with van der Waals surface area (Å²) in [4.78, 5) is 10.9. The van der Waals surface area contributed by atoms with Gasteiger partial charge in [0.2, 0.25) is 0 Å². The lowest BCUT2D eigenvalue weighted by atomic mass is 10.0. The largest absolute Gasteiger partial charge is 0.481 e. The fourth-order valence-electron chi connectivity index (χ4n) is 2.23. The molecule has 112 valence electrons. The van der Waals surface area contributed by atoms with E-state index in [1.165, 1.54) is 6.07 Å². The zero-order valence-electron chi connectivity index (χ0n) is 12.3. The smallest absolute Gasteiger partial charge is 0.304 e. The summed E-state index contributed by atoms with van der Waals surface area (Å²) >= 11 is 0. The summed E-state index contributed by atoms with van der Waals surface area (Å²) in [5, 5.41) is 12.3. The van der Waals surface area contributed by atoms with Crippen LogP contribution in [0, 0.1) is 12.7 Å². The van der Waals surface area contributed by atoms with E-state index in [0.717, 1.165) is 31.4 Å². The van der Waals surface area contributed by atoms with E-state index in [9.17, 15) is 9.18 Å². The highest BCUT2D eigenvalue weighted by Crippen LogP contribution is 2.12. The van der Waals surface area contributed by atoms with Crippen molar-refractivity contribution in [3.05, 3.63) is 35.1 Å². The van der Waals surface area contributed by atoms with Crippen LogP contribution in [0.1, 0.15) is 43.7 Å². The number of hydrogen-bond donors (Lipinski definition) is 2. The van der Waals surface area contributed by atoms with Gasteiger partial charge in [0.1, 0.15) is 5.82 Å². The van der Waals surface area contributed by atoms with Gasteiger partial charge >= 0.3 is 5.97 Å². The summed E-state index contributed by atoms with van der Waals surface area (Å²) in [6, 6.07) is 4.86. The molecular weight excluding hydrogens is 257 g/mol. The van der Waals surface area contributed by atoms with Gasteiger partial charge in [-0.2, -0.15) is 0 Å². The summed E-state index contributed by atoms with van der Waals surface area (Å²) < 4.78 is 13.2. The molecule has 0 saturated heterocycles. The van der Waals surface area contributed by atoms with Gasteiger partial charge in [0.05, 0.1) is 6.42 Å². The molecule has 1 unspecified atom stereocenters. The molecular formula is C16H24FNO2. The molecule has 1 aromatic carbocycles. The van der Waals surface area contributed by atoms with Crippen LogP contribution in [-0.2, 0) is 11.2 Å². The van der Waals surface area contributed by atoms with Crippen molar-refractivity contribution in [1.82, 2.24) is 5.32 Å². The van der Waals surface area contributed by atoms with Gasteiger partial charge in [0, 0.05) is 6.04 Å². The maximum atomic E-state index is 13.2. The van der Waals surface area contributed by atoms with Crippen molar-refractivity contribution in [1.29, 1.82) is 0 Å². The lowest BCUT2D eigenvalue weighted by molar-refractivity contribution is -0.137. The SMILES string of the molecule is CCCCCNC(CC(=O)O)Cc1ccc(F)c(C)c1. The Hall–Kier alpha value is -1.42. The quantitative estimate of drug-likeness (QED) is 0.683. The molecule has 0 aromatic heterocycles. The molecule has 1 rings (SSSR count). The average molecular weight is 281 g/mol. The number of unbranched alkanes of at least 4 members (excludes halogenated alkanes) is 2. The highest BCUT2D eigenvalue weighted by atomic mass is 19.1. The first-order chi connectivity index (χ1) is 9.52. The molecule has 20 heavy (non-hydrogen) atoms. The van der Waals surface area contributed by atoms with Crippen molar-refractivity contribution in [3.8, 4) is 0 Å². The van der Waals surface area contributed by atoms with Crippen LogP contribution in [0.2, 0.25) is 0 Å². The van der Waals surface area contributed by atoms with Crippen LogP contribution in [-0.4, -0.2) is 23.7 Å². The van der Waals surface area contributed by atoms with Crippen LogP contribution >= 0.6 is 0 Å². The minimum absolute atomic E-state index is 0.0859. The number of aryl methyl sites for hydroxylation is 1. The lowest BCUT2D eigenvalue weighted by Gasteiger charge is -2.17. The number of benzene rings is 1. The molecule has 0 heterocycles. The van der Waals surface area contributed by atoms with Crippen molar-refractivity contribution in [2.75, 3.05) is 6.54 Å². The third-order valence-electron chi connectivity index (χ3n) is 3.34. The molecule has 1 aromatic rings. The van der Waals surface area contributed by atoms with Crippen LogP contribution in [0.25, 0.3) is 0 Å². The molecule has 0 spiro atoms. The maximum absolute atomic E-state index is 13.2. The molecule has 0 amide bonds. The van der Waals surface area contributed by atoms with E-state index < -0.39 is 5.97 Å². The molecule has 0 aliphatic heterocycles. The molecule has 1 atom stereocenters. The Morgan fingerprint density at radius 1 is 1.40 bits per heavy atom. The fourth-order valence-corrected chi connectivity index (χ4v) is 2.23. The minimum Gasteiger partial charge on any atom is -0.481 e. The third kappa shape index (κ3) is 6.15. The van der Waals surface area contributed by atoms with Crippen LogP contribution in [0.4, 0.5) is 4.39 Å². The number of carbonyl (C=O) groups is 1. The van der Waals surface area contributed by atoms with E-state index >= 15 is 0 Å². The third-order valence-corrected chi connectivity index (χ3v) is 3.34. The van der Waals surface area contributed by atoms with Crippen LogP contribution in [0.5, 0.6) is 0 Å². The summed E-state index contributed by atoms with van der Waals surface area (Å²) in [6.07, 6.45) is 4.03. The summed E-state index contributed by atoms with van der Waals surface area (Å²) in [7, 11) is 0. The molecule has 0 radical (unpaired) electrons. The zero-order valence-corrected chi connectivity index (χ0v) is 12.3. The zero-order chi connectivity index (χ0) is 15.0. The second-order valence-corrected chi connectivity index (χ2v) is 5.24. The normalized spacial score (nSPS) is 12.3. The van der Waals surface area contributed by atoms with Gasteiger partial charge in [0.25, 0.3) is 0 Å². The van der Waals surface area contributed by atoms with Crippen LogP contribution < -0.4 is 5.32 Å². The Kier molecular flexibility index (Phi) is 7.23. The van der Waals surface area contributed by atoms with Crippen molar-refractivity contribution in [2.24, 2.45) is 0 Å². The Balaban J connectivity index is 2.58. The maximum Gasteiger partial charge on any atom is 0.304 e. The van der Waals surface area contributed by atoms with E-state index in [2.05, 4.69) is 12.2 Å². The second kappa shape index (κ2) is 8.69.